The lowest BCUT2D eigenvalue weighted by atomic mass is 10.2. The van der Waals surface area contributed by atoms with Gasteiger partial charge in [0.25, 0.3) is 5.91 Å². The maximum Gasteiger partial charge on any atom is 0.273 e. The number of carbonyl (C=O) groups is 1. The van der Waals surface area contributed by atoms with E-state index in [0.717, 1.165) is 12.2 Å². The summed E-state index contributed by atoms with van der Waals surface area (Å²) in [6, 6.07) is 14.7. The summed E-state index contributed by atoms with van der Waals surface area (Å²) in [5.41, 5.74) is 0.655. The van der Waals surface area contributed by atoms with Gasteiger partial charge in [0.05, 0.1) is 10.7 Å². The fourth-order valence-corrected chi connectivity index (χ4v) is 3.95. The molecule has 1 saturated heterocycles. The molecule has 0 aliphatic carbocycles. The summed E-state index contributed by atoms with van der Waals surface area (Å²) in [6.07, 6.45) is 0.224. The highest BCUT2D eigenvalue weighted by Crippen LogP contribution is 2.33. The number of para-hydroxylation sites is 3. The molecule has 2 aliphatic heterocycles. The van der Waals surface area contributed by atoms with Gasteiger partial charge in [0.15, 0.2) is 16.7 Å². The van der Waals surface area contributed by atoms with Crippen LogP contribution in [0.1, 0.15) is 6.42 Å². The molecule has 0 bridgehead atoms. The van der Waals surface area contributed by atoms with Crippen LogP contribution in [0.5, 0.6) is 11.5 Å². The van der Waals surface area contributed by atoms with Crippen molar-refractivity contribution in [2.75, 3.05) is 18.9 Å². The van der Waals surface area contributed by atoms with Gasteiger partial charge in [0, 0.05) is 12.3 Å². The first kappa shape index (κ1) is 17.2. The number of fused-ring (bicyclic) bond motifs is 1. The number of amides is 1. The molecule has 0 radical (unpaired) electrons. The van der Waals surface area contributed by atoms with Crippen LogP contribution in [0.15, 0.2) is 53.5 Å². The molecule has 1 amide bonds. The van der Waals surface area contributed by atoms with Gasteiger partial charge in [-0.25, -0.2) is 4.99 Å². The molecule has 5 nitrogen and oxygen atoms in total. The van der Waals surface area contributed by atoms with E-state index in [1.54, 1.807) is 28.8 Å². The lowest BCUT2D eigenvalue weighted by molar-refractivity contribution is -0.137. The van der Waals surface area contributed by atoms with Gasteiger partial charge < -0.3 is 9.47 Å². The first-order valence-corrected chi connectivity index (χ1v) is 9.74. The van der Waals surface area contributed by atoms with Crippen molar-refractivity contribution in [3.8, 4) is 11.5 Å². The highest BCUT2D eigenvalue weighted by Gasteiger charge is 2.34. The molecule has 0 saturated carbocycles. The number of hydrogen-bond donors (Lipinski definition) is 0. The minimum atomic E-state index is -0.681. The molecular weight excluding hydrogens is 372 g/mol. The van der Waals surface area contributed by atoms with Gasteiger partial charge in [0.2, 0.25) is 6.10 Å². The van der Waals surface area contributed by atoms with Gasteiger partial charge in [-0.1, -0.05) is 47.6 Å². The molecule has 7 heteroatoms. The van der Waals surface area contributed by atoms with Crippen molar-refractivity contribution in [2.45, 2.75) is 12.5 Å². The van der Waals surface area contributed by atoms with Crippen LogP contribution in [0.25, 0.3) is 0 Å². The summed E-state index contributed by atoms with van der Waals surface area (Å²) >= 11 is 7.76. The van der Waals surface area contributed by atoms with Gasteiger partial charge in [-0.2, -0.15) is 0 Å². The lowest BCUT2D eigenvalue weighted by Crippen LogP contribution is -2.49. The molecule has 4 rings (SSSR count). The van der Waals surface area contributed by atoms with Crippen LogP contribution in [0.2, 0.25) is 5.02 Å². The van der Waals surface area contributed by atoms with Crippen molar-refractivity contribution in [1.82, 2.24) is 4.90 Å². The van der Waals surface area contributed by atoms with E-state index < -0.39 is 6.10 Å². The standard InChI is InChI=1S/C19H17ClN2O3S/c20-13-6-1-2-7-14(13)21-19-22(10-5-11-26-19)18(23)17-12-24-15-8-3-4-9-16(15)25-17/h1-4,6-9,17H,5,10-12H2/t17-/m1/s1. The summed E-state index contributed by atoms with van der Waals surface area (Å²) in [6.45, 7) is 0.799. The van der Waals surface area contributed by atoms with Crippen molar-refractivity contribution in [3.63, 3.8) is 0 Å². The van der Waals surface area contributed by atoms with Crippen molar-refractivity contribution in [1.29, 1.82) is 0 Å². The van der Waals surface area contributed by atoms with Crippen molar-refractivity contribution < 1.29 is 14.3 Å². The Bertz CT molecular complexity index is 858. The number of carbonyl (C=O) groups excluding carboxylic acids is 1. The number of halogens is 1. The minimum absolute atomic E-state index is 0.141. The molecule has 2 heterocycles. The Labute approximate surface area is 161 Å². The first-order valence-electron chi connectivity index (χ1n) is 8.38. The maximum atomic E-state index is 13.0. The number of benzene rings is 2. The number of aliphatic imine (C=N–C) groups is 1. The van der Waals surface area contributed by atoms with Crippen molar-refractivity contribution in [3.05, 3.63) is 53.6 Å². The molecule has 134 valence electrons. The van der Waals surface area contributed by atoms with Gasteiger partial charge in [-0.15, -0.1) is 0 Å². The van der Waals surface area contributed by atoms with Crippen molar-refractivity contribution in [2.24, 2.45) is 4.99 Å². The van der Waals surface area contributed by atoms with Gasteiger partial charge in [0.1, 0.15) is 6.61 Å². The molecule has 0 spiro atoms. The first-order chi connectivity index (χ1) is 12.7. The van der Waals surface area contributed by atoms with Crippen LogP contribution < -0.4 is 9.47 Å². The molecule has 1 atom stereocenters. The quantitative estimate of drug-likeness (QED) is 0.776. The molecule has 0 N–H and O–H groups in total. The average molecular weight is 389 g/mol. The number of amidine groups is 1. The summed E-state index contributed by atoms with van der Waals surface area (Å²) < 4.78 is 11.5. The SMILES string of the molecule is O=C([C@H]1COc2ccccc2O1)N1CCCSC1=Nc1ccccc1Cl. The number of thioether (sulfide) groups is 1. The van der Waals surface area contributed by atoms with E-state index >= 15 is 0 Å². The third-order valence-corrected chi connectivity index (χ3v) is 5.49. The fraction of sp³-hybridized carbons (Fsp3) is 0.263. The van der Waals surface area contributed by atoms with Gasteiger partial charge in [-0.05, 0) is 30.7 Å². The van der Waals surface area contributed by atoms with Crippen LogP contribution in [0.4, 0.5) is 5.69 Å². The van der Waals surface area contributed by atoms with Crippen molar-refractivity contribution >= 4 is 40.1 Å². The monoisotopic (exact) mass is 388 g/mol. The number of ether oxygens (including phenoxy) is 2. The fourth-order valence-electron chi connectivity index (χ4n) is 2.82. The van der Waals surface area contributed by atoms with Gasteiger partial charge >= 0.3 is 0 Å². The maximum absolute atomic E-state index is 13.0. The Kier molecular flexibility index (Phi) is 5.04. The Balaban J connectivity index is 1.57. The summed E-state index contributed by atoms with van der Waals surface area (Å²) in [5, 5.41) is 1.21. The zero-order valence-corrected chi connectivity index (χ0v) is 15.5. The molecule has 0 unspecified atom stereocenters. The number of hydrogen-bond acceptors (Lipinski definition) is 5. The summed E-state index contributed by atoms with van der Waals surface area (Å²) in [5.74, 6) is 2.02. The van der Waals surface area contributed by atoms with Crippen LogP contribution in [-0.2, 0) is 4.79 Å². The third kappa shape index (κ3) is 3.52. The zero-order chi connectivity index (χ0) is 17.9. The molecule has 2 aromatic rings. The Hall–Kier alpha value is -2.18. The second kappa shape index (κ2) is 7.60. The van der Waals surface area contributed by atoms with E-state index in [0.29, 0.717) is 33.9 Å². The lowest BCUT2D eigenvalue weighted by Gasteiger charge is -2.33. The Morgan fingerprint density at radius 3 is 2.77 bits per heavy atom. The van der Waals surface area contributed by atoms with E-state index in [1.807, 2.05) is 36.4 Å². The van der Waals surface area contributed by atoms with Gasteiger partial charge in [-0.3, -0.25) is 9.69 Å². The van der Waals surface area contributed by atoms with Crippen LogP contribution >= 0.6 is 23.4 Å². The van der Waals surface area contributed by atoms with E-state index in [4.69, 9.17) is 21.1 Å². The molecule has 0 aromatic heterocycles. The second-order valence-electron chi connectivity index (χ2n) is 5.90. The number of rotatable bonds is 2. The van der Waals surface area contributed by atoms with E-state index in [9.17, 15) is 4.79 Å². The van der Waals surface area contributed by atoms with Crippen LogP contribution in [0, 0.1) is 0 Å². The predicted octanol–water partition coefficient (Wildman–Crippen LogP) is 4.13. The van der Waals surface area contributed by atoms with Crippen LogP contribution in [-0.4, -0.2) is 41.0 Å². The largest absolute Gasteiger partial charge is 0.485 e. The minimum Gasteiger partial charge on any atom is -0.485 e. The topological polar surface area (TPSA) is 51.1 Å². The predicted molar refractivity (Wildman–Crippen MR) is 104 cm³/mol. The Morgan fingerprint density at radius 1 is 1.15 bits per heavy atom. The highest BCUT2D eigenvalue weighted by atomic mass is 35.5. The van der Waals surface area contributed by atoms with E-state index in [1.165, 1.54) is 0 Å². The molecule has 2 aliphatic rings. The average Bonchev–Trinajstić information content (AvgIpc) is 2.69. The van der Waals surface area contributed by atoms with E-state index in [2.05, 4.69) is 4.99 Å². The molecular formula is C19H17ClN2O3S. The van der Waals surface area contributed by atoms with Crippen LogP contribution in [0.3, 0.4) is 0 Å². The highest BCUT2D eigenvalue weighted by molar-refractivity contribution is 8.13. The summed E-state index contributed by atoms with van der Waals surface area (Å²) in [4.78, 5) is 19.3. The third-order valence-electron chi connectivity index (χ3n) is 4.11. The molecule has 1 fully saturated rings. The normalized spacial score (nSPS) is 20.9. The second-order valence-corrected chi connectivity index (χ2v) is 7.37. The summed E-state index contributed by atoms with van der Waals surface area (Å²) in [7, 11) is 0. The molecule has 26 heavy (non-hydrogen) atoms. The smallest absolute Gasteiger partial charge is 0.273 e. The zero-order valence-electron chi connectivity index (χ0n) is 13.9. The Morgan fingerprint density at radius 2 is 1.92 bits per heavy atom. The number of nitrogens with zero attached hydrogens (tertiary/aromatic N) is 2. The van der Waals surface area contributed by atoms with E-state index in [-0.39, 0.29) is 12.5 Å². The molecule has 2 aromatic carbocycles.